The number of esters is 1. The first-order valence-electron chi connectivity index (χ1n) is 3.40. The summed E-state index contributed by atoms with van der Waals surface area (Å²) in [6, 6.07) is 0. The molecule has 1 heterocycles. The van der Waals surface area contributed by atoms with Crippen LogP contribution in [0.5, 0.6) is 0 Å². The number of hydrogen-bond donors (Lipinski definition) is 0. The zero-order chi connectivity index (χ0) is 8.43. The molecule has 0 atom stereocenters. The Kier molecular flexibility index (Phi) is 2.03. The summed E-state index contributed by atoms with van der Waals surface area (Å²) in [6.45, 7) is 1.40. The average Bonchev–Trinajstić information content (AvgIpc) is 2.18. The highest BCUT2D eigenvalue weighted by Gasteiger charge is 2.22. The molecule has 0 aromatic carbocycles. The number of hydrogen-bond acceptors (Lipinski definition) is 4. The first kappa shape index (κ1) is 7.91. The van der Waals surface area contributed by atoms with E-state index in [4.69, 9.17) is 4.74 Å². The molecule has 0 aromatic rings. The Hall–Kier alpha value is -1.19. The lowest BCUT2D eigenvalue weighted by Crippen LogP contribution is -2.37. The Morgan fingerprint density at radius 3 is 2.18 bits per heavy atom. The Balaban J connectivity index is 2.52. The first-order valence-corrected chi connectivity index (χ1v) is 3.40. The Bertz CT molecular complexity index is 179. The molecule has 4 nitrogen and oxygen atoms in total. The van der Waals surface area contributed by atoms with E-state index in [1.807, 2.05) is 36.3 Å². The third-order valence-electron chi connectivity index (χ3n) is 1.51. The minimum atomic E-state index is -0.271. The molecule has 0 unspecified atom stereocenters. The van der Waals surface area contributed by atoms with Gasteiger partial charge in [-0.25, -0.2) is 0 Å². The lowest BCUT2D eigenvalue weighted by Gasteiger charge is -2.25. The van der Waals surface area contributed by atoms with Crippen LogP contribution in [0.1, 0.15) is 6.92 Å². The van der Waals surface area contributed by atoms with Crippen molar-refractivity contribution in [1.29, 1.82) is 0 Å². The monoisotopic (exact) mass is 156 g/mol. The maximum atomic E-state index is 10.6. The normalized spacial score (nSPS) is 17.7. The van der Waals surface area contributed by atoms with Gasteiger partial charge in [0.1, 0.15) is 0 Å². The van der Waals surface area contributed by atoms with Crippen molar-refractivity contribution in [3.05, 3.63) is 12.4 Å². The second-order valence-corrected chi connectivity index (χ2v) is 2.56. The molecular formula is C7H12N2O2. The van der Waals surface area contributed by atoms with Gasteiger partial charge in [0.2, 0.25) is 0 Å². The smallest absolute Gasteiger partial charge is 0.305 e. The topological polar surface area (TPSA) is 32.8 Å². The Morgan fingerprint density at radius 1 is 1.36 bits per heavy atom. The molecule has 0 bridgehead atoms. The number of nitrogens with zero attached hydrogens (tertiary/aromatic N) is 2. The fourth-order valence-electron chi connectivity index (χ4n) is 0.960. The molecule has 0 spiro atoms. The van der Waals surface area contributed by atoms with E-state index in [0.29, 0.717) is 0 Å². The summed E-state index contributed by atoms with van der Waals surface area (Å²) >= 11 is 0. The third kappa shape index (κ3) is 1.63. The molecule has 11 heavy (non-hydrogen) atoms. The van der Waals surface area contributed by atoms with Gasteiger partial charge < -0.3 is 14.5 Å². The lowest BCUT2D eigenvalue weighted by molar-refractivity contribution is -0.162. The lowest BCUT2D eigenvalue weighted by atomic mass is 10.7. The van der Waals surface area contributed by atoms with E-state index in [1.54, 1.807) is 0 Å². The summed E-state index contributed by atoms with van der Waals surface area (Å²) in [7, 11) is 3.71. The maximum Gasteiger partial charge on any atom is 0.305 e. The van der Waals surface area contributed by atoms with E-state index in [-0.39, 0.29) is 12.3 Å². The van der Waals surface area contributed by atoms with Crippen LogP contribution in [0.4, 0.5) is 0 Å². The van der Waals surface area contributed by atoms with Crippen molar-refractivity contribution in [3.8, 4) is 0 Å². The van der Waals surface area contributed by atoms with Crippen LogP contribution < -0.4 is 0 Å². The average molecular weight is 156 g/mol. The maximum absolute atomic E-state index is 10.6. The first-order chi connectivity index (χ1) is 5.11. The van der Waals surface area contributed by atoms with Crippen molar-refractivity contribution in [2.75, 3.05) is 14.1 Å². The second-order valence-electron chi connectivity index (χ2n) is 2.56. The van der Waals surface area contributed by atoms with Gasteiger partial charge in [-0.1, -0.05) is 0 Å². The number of carbonyl (C=O) groups excluding carboxylic acids is 1. The van der Waals surface area contributed by atoms with E-state index in [9.17, 15) is 4.79 Å². The number of ether oxygens (including phenoxy) is 1. The van der Waals surface area contributed by atoms with Gasteiger partial charge in [-0.2, -0.15) is 0 Å². The van der Waals surface area contributed by atoms with Gasteiger partial charge in [0.05, 0.1) is 0 Å². The van der Waals surface area contributed by atoms with Crippen LogP contribution >= 0.6 is 0 Å². The van der Waals surface area contributed by atoms with Gasteiger partial charge >= 0.3 is 5.97 Å². The Labute approximate surface area is 66.0 Å². The van der Waals surface area contributed by atoms with Gasteiger partial charge in [0.25, 0.3) is 6.35 Å². The molecule has 62 valence electrons. The summed E-state index contributed by atoms with van der Waals surface area (Å²) in [5.41, 5.74) is 0. The zero-order valence-corrected chi connectivity index (χ0v) is 6.94. The zero-order valence-electron chi connectivity index (χ0n) is 6.94. The summed E-state index contributed by atoms with van der Waals surface area (Å²) in [5.74, 6) is -0.266. The highest BCUT2D eigenvalue weighted by Crippen LogP contribution is 2.11. The largest absolute Gasteiger partial charge is 0.423 e. The predicted octanol–water partition coefficient (Wildman–Crippen LogP) is 0.181. The molecule has 4 heteroatoms. The number of rotatable bonds is 1. The van der Waals surface area contributed by atoms with Crippen LogP contribution in [0, 0.1) is 0 Å². The van der Waals surface area contributed by atoms with Crippen molar-refractivity contribution in [2.24, 2.45) is 0 Å². The predicted molar refractivity (Wildman–Crippen MR) is 40.2 cm³/mol. The fraction of sp³-hybridized carbons (Fsp3) is 0.571. The minimum Gasteiger partial charge on any atom is -0.423 e. The molecule has 0 saturated carbocycles. The van der Waals surface area contributed by atoms with E-state index < -0.39 is 0 Å². The Morgan fingerprint density at radius 2 is 1.82 bits per heavy atom. The van der Waals surface area contributed by atoms with Crippen LogP contribution in [0.2, 0.25) is 0 Å². The molecule has 0 radical (unpaired) electrons. The number of carbonyl (C=O) groups is 1. The van der Waals surface area contributed by atoms with Crippen LogP contribution in [-0.2, 0) is 9.53 Å². The van der Waals surface area contributed by atoms with E-state index >= 15 is 0 Å². The third-order valence-corrected chi connectivity index (χ3v) is 1.51. The summed E-state index contributed by atoms with van der Waals surface area (Å²) in [5, 5.41) is 0. The minimum absolute atomic E-state index is 0.266. The molecule has 0 aliphatic carbocycles. The highest BCUT2D eigenvalue weighted by molar-refractivity contribution is 5.66. The van der Waals surface area contributed by atoms with Crippen LogP contribution in [0.25, 0.3) is 0 Å². The van der Waals surface area contributed by atoms with E-state index in [1.165, 1.54) is 6.92 Å². The molecule has 0 fully saturated rings. The quantitative estimate of drug-likeness (QED) is 0.507. The molecule has 0 amide bonds. The molecule has 0 N–H and O–H groups in total. The van der Waals surface area contributed by atoms with E-state index in [0.717, 1.165) is 0 Å². The fourth-order valence-corrected chi connectivity index (χ4v) is 0.960. The van der Waals surface area contributed by atoms with Gasteiger partial charge in [0.15, 0.2) is 0 Å². The molecule has 0 saturated heterocycles. The second kappa shape index (κ2) is 2.82. The van der Waals surface area contributed by atoms with Gasteiger partial charge in [-0.3, -0.25) is 4.79 Å². The van der Waals surface area contributed by atoms with E-state index in [2.05, 4.69) is 0 Å². The van der Waals surface area contributed by atoms with Crippen molar-refractivity contribution in [1.82, 2.24) is 9.80 Å². The van der Waals surface area contributed by atoms with Crippen molar-refractivity contribution < 1.29 is 9.53 Å². The van der Waals surface area contributed by atoms with Gasteiger partial charge in [-0.15, -0.1) is 0 Å². The molecule has 1 aliphatic rings. The van der Waals surface area contributed by atoms with Gasteiger partial charge in [-0.05, 0) is 0 Å². The summed E-state index contributed by atoms with van der Waals surface area (Å²) in [6.07, 6.45) is 3.44. The highest BCUT2D eigenvalue weighted by atomic mass is 16.6. The summed E-state index contributed by atoms with van der Waals surface area (Å²) in [4.78, 5) is 14.2. The molecule has 1 aliphatic heterocycles. The van der Waals surface area contributed by atoms with Crippen molar-refractivity contribution >= 4 is 5.97 Å². The molecular weight excluding hydrogens is 144 g/mol. The van der Waals surface area contributed by atoms with Crippen LogP contribution in [0.3, 0.4) is 0 Å². The standard InChI is InChI=1S/C7H12N2O2/c1-6(10)11-7-8(2)4-5-9(7)3/h4-5,7H,1-3H3. The summed E-state index contributed by atoms with van der Waals surface area (Å²) < 4.78 is 4.99. The molecule has 0 aromatic heterocycles. The molecule has 1 rings (SSSR count). The van der Waals surface area contributed by atoms with Crippen LogP contribution in [0.15, 0.2) is 12.4 Å². The van der Waals surface area contributed by atoms with Crippen LogP contribution in [-0.4, -0.2) is 36.2 Å². The van der Waals surface area contributed by atoms with Crippen molar-refractivity contribution in [3.63, 3.8) is 0 Å². The van der Waals surface area contributed by atoms with Crippen molar-refractivity contribution in [2.45, 2.75) is 13.3 Å². The van der Waals surface area contributed by atoms with Gasteiger partial charge in [0, 0.05) is 33.4 Å². The SMILES string of the molecule is CC(=O)OC1N(C)C=CN1C.